The molecule has 0 aliphatic rings. The number of sulfonamides is 1. The highest BCUT2D eigenvalue weighted by Crippen LogP contribution is 2.15. The van der Waals surface area contributed by atoms with E-state index in [0.29, 0.717) is 0 Å². The zero-order valence-corrected chi connectivity index (χ0v) is 13.9. The van der Waals surface area contributed by atoms with Crippen LogP contribution in [0.15, 0.2) is 21.8 Å². The Morgan fingerprint density at radius 1 is 1.32 bits per heavy atom. The number of carbonyl (C=O) groups is 2. The number of furan rings is 1. The molecule has 9 heteroatoms. The fourth-order valence-electron chi connectivity index (χ4n) is 1.50. The van der Waals surface area contributed by atoms with Crippen LogP contribution in [0.3, 0.4) is 0 Å². The molecule has 1 amide bonds. The number of hydrogen-bond donors (Lipinski definition) is 2. The molecule has 0 saturated carbocycles. The number of esters is 1. The van der Waals surface area contributed by atoms with E-state index in [1.165, 1.54) is 14.0 Å². The maximum absolute atomic E-state index is 12.1. The zero-order chi connectivity index (χ0) is 17.1. The lowest BCUT2D eigenvalue weighted by Crippen LogP contribution is -2.50. The molecule has 0 fully saturated rings. The molecule has 0 radical (unpaired) electrons. The predicted octanol–water partition coefficient (Wildman–Crippen LogP) is 0.648. The molecule has 2 N–H and O–H groups in total. The monoisotopic (exact) mass is 332 g/mol. The molecule has 1 aromatic rings. The van der Waals surface area contributed by atoms with Gasteiger partial charge in [0.15, 0.2) is 0 Å². The minimum Gasteiger partial charge on any atom is -0.465 e. The Morgan fingerprint density at radius 3 is 2.41 bits per heavy atom. The van der Waals surface area contributed by atoms with Crippen molar-refractivity contribution >= 4 is 21.9 Å². The Hall–Kier alpha value is -1.87. The molecular formula is C13H20N2O6S. The summed E-state index contributed by atoms with van der Waals surface area (Å²) in [6.45, 7) is 6.74. The third-order valence-electron chi connectivity index (χ3n) is 2.48. The number of ether oxygens (including phenoxy) is 1. The van der Waals surface area contributed by atoms with E-state index >= 15 is 0 Å². The van der Waals surface area contributed by atoms with Crippen molar-refractivity contribution < 1.29 is 27.2 Å². The molecule has 1 atom stereocenters. The van der Waals surface area contributed by atoms with Crippen LogP contribution in [0.2, 0.25) is 0 Å². The second kappa shape index (κ2) is 6.49. The van der Waals surface area contributed by atoms with Gasteiger partial charge in [-0.25, -0.2) is 13.2 Å². The highest BCUT2D eigenvalue weighted by Gasteiger charge is 2.27. The van der Waals surface area contributed by atoms with E-state index in [2.05, 4.69) is 14.8 Å². The Morgan fingerprint density at radius 2 is 1.91 bits per heavy atom. The summed E-state index contributed by atoms with van der Waals surface area (Å²) in [5.41, 5.74) is -0.519. The maximum atomic E-state index is 12.1. The van der Waals surface area contributed by atoms with Crippen LogP contribution in [0.1, 0.15) is 38.1 Å². The van der Waals surface area contributed by atoms with Crippen LogP contribution in [-0.2, 0) is 19.6 Å². The molecule has 0 spiro atoms. The zero-order valence-electron chi connectivity index (χ0n) is 13.1. The minimum absolute atomic E-state index is 0.0327. The largest absolute Gasteiger partial charge is 0.465 e. The summed E-state index contributed by atoms with van der Waals surface area (Å²) in [5.74, 6) is -1.19. The van der Waals surface area contributed by atoms with Gasteiger partial charge in [0.05, 0.1) is 18.7 Å². The summed E-state index contributed by atoms with van der Waals surface area (Å²) in [6, 6.07) is 0.0265. The third kappa shape index (κ3) is 4.85. The van der Waals surface area contributed by atoms with Gasteiger partial charge in [-0.1, -0.05) is 0 Å². The molecule has 1 heterocycles. The maximum Gasteiger partial charge on any atom is 0.341 e. The molecule has 0 saturated heterocycles. The second-order valence-corrected chi connectivity index (χ2v) is 7.37. The van der Waals surface area contributed by atoms with E-state index in [4.69, 9.17) is 4.42 Å². The van der Waals surface area contributed by atoms with E-state index < -0.39 is 38.6 Å². The molecule has 22 heavy (non-hydrogen) atoms. The number of amides is 1. The van der Waals surface area contributed by atoms with E-state index in [1.807, 2.05) is 0 Å². The first kappa shape index (κ1) is 18.2. The van der Waals surface area contributed by atoms with Crippen LogP contribution in [0.5, 0.6) is 0 Å². The smallest absolute Gasteiger partial charge is 0.341 e. The van der Waals surface area contributed by atoms with Crippen molar-refractivity contribution in [1.82, 2.24) is 10.0 Å². The molecule has 124 valence electrons. The first-order valence-corrected chi connectivity index (χ1v) is 7.96. The van der Waals surface area contributed by atoms with Crippen LogP contribution in [0.4, 0.5) is 0 Å². The number of methoxy groups -OCH3 is 1. The van der Waals surface area contributed by atoms with Crippen molar-refractivity contribution in [2.45, 2.75) is 44.4 Å². The van der Waals surface area contributed by atoms with Crippen molar-refractivity contribution in [3.8, 4) is 0 Å². The first-order chi connectivity index (χ1) is 9.96. The van der Waals surface area contributed by atoms with E-state index in [0.717, 1.165) is 12.3 Å². The SMILES string of the molecule is COC(=O)c1coc(S(=O)(=O)N[C@@H](C)C(=O)NC(C)(C)C)c1. The van der Waals surface area contributed by atoms with Gasteiger partial charge in [-0.3, -0.25) is 4.79 Å². The van der Waals surface area contributed by atoms with Gasteiger partial charge in [-0.05, 0) is 27.7 Å². The standard InChI is InChI=1S/C13H20N2O6S/c1-8(11(16)14-13(2,3)4)15-22(18,19)10-6-9(7-21-10)12(17)20-5/h6-8,15H,1-5H3,(H,14,16)/t8-/m0/s1. The van der Waals surface area contributed by atoms with Crippen LogP contribution in [-0.4, -0.2) is 39.0 Å². The van der Waals surface area contributed by atoms with Gasteiger partial charge in [-0.2, -0.15) is 4.72 Å². The molecule has 0 aliphatic carbocycles. The summed E-state index contributed by atoms with van der Waals surface area (Å²) in [6.07, 6.45) is 0.973. The average molecular weight is 332 g/mol. The van der Waals surface area contributed by atoms with Crippen LogP contribution >= 0.6 is 0 Å². The lowest BCUT2D eigenvalue weighted by Gasteiger charge is -2.23. The molecule has 1 aromatic heterocycles. The molecule has 0 aromatic carbocycles. The fourth-order valence-corrected chi connectivity index (χ4v) is 2.65. The summed E-state index contributed by atoms with van der Waals surface area (Å²) in [4.78, 5) is 23.2. The van der Waals surface area contributed by atoms with Crippen molar-refractivity contribution in [3.63, 3.8) is 0 Å². The fraction of sp³-hybridized carbons (Fsp3) is 0.538. The quantitative estimate of drug-likeness (QED) is 0.765. The van der Waals surface area contributed by atoms with Crippen molar-refractivity contribution in [2.24, 2.45) is 0 Å². The molecule has 0 unspecified atom stereocenters. The molecule has 1 rings (SSSR count). The predicted molar refractivity (Wildman–Crippen MR) is 77.7 cm³/mol. The molecular weight excluding hydrogens is 312 g/mol. The number of rotatable bonds is 5. The first-order valence-electron chi connectivity index (χ1n) is 6.47. The van der Waals surface area contributed by atoms with E-state index in [1.54, 1.807) is 20.8 Å². The van der Waals surface area contributed by atoms with Crippen LogP contribution in [0.25, 0.3) is 0 Å². The Labute approximate surface area is 129 Å². The second-order valence-electron chi connectivity index (χ2n) is 5.73. The van der Waals surface area contributed by atoms with Crippen LogP contribution < -0.4 is 10.0 Å². The summed E-state index contributed by atoms with van der Waals surface area (Å²) >= 11 is 0. The van der Waals surface area contributed by atoms with E-state index in [-0.39, 0.29) is 5.56 Å². The third-order valence-corrected chi connectivity index (χ3v) is 3.89. The van der Waals surface area contributed by atoms with Crippen molar-refractivity contribution in [1.29, 1.82) is 0 Å². The summed E-state index contributed by atoms with van der Waals surface area (Å²) in [5, 5.41) is 2.19. The highest BCUT2D eigenvalue weighted by atomic mass is 32.2. The Kier molecular flexibility index (Phi) is 5.36. The normalized spacial score (nSPS) is 13.5. The Balaban J connectivity index is 2.85. The van der Waals surface area contributed by atoms with Crippen molar-refractivity contribution in [3.05, 3.63) is 17.9 Å². The topological polar surface area (TPSA) is 115 Å². The number of nitrogens with one attached hydrogen (secondary N) is 2. The van der Waals surface area contributed by atoms with Gasteiger partial charge in [0.2, 0.25) is 11.0 Å². The van der Waals surface area contributed by atoms with Gasteiger partial charge in [0.25, 0.3) is 10.0 Å². The molecule has 0 aliphatic heterocycles. The summed E-state index contributed by atoms with van der Waals surface area (Å²) in [7, 11) is -2.90. The van der Waals surface area contributed by atoms with E-state index in [9.17, 15) is 18.0 Å². The van der Waals surface area contributed by atoms with Gasteiger partial charge >= 0.3 is 5.97 Å². The molecule has 8 nitrogen and oxygen atoms in total. The van der Waals surface area contributed by atoms with Gasteiger partial charge in [0.1, 0.15) is 6.26 Å². The Bertz CT molecular complexity index is 656. The number of hydrogen-bond acceptors (Lipinski definition) is 6. The summed E-state index contributed by atoms with van der Waals surface area (Å²) < 4.78 is 35.7. The van der Waals surface area contributed by atoms with Crippen LogP contribution in [0, 0.1) is 0 Å². The highest BCUT2D eigenvalue weighted by molar-refractivity contribution is 7.89. The number of carbonyl (C=O) groups excluding carboxylic acids is 2. The van der Waals surface area contributed by atoms with Crippen molar-refractivity contribution in [2.75, 3.05) is 7.11 Å². The average Bonchev–Trinajstić information content (AvgIpc) is 2.85. The minimum atomic E-state index is -4.07. The van der Waals surface area contributed by atoms with Gasteiger partial charge in [0, 0.05) is 11.6 Å². The lowest BCUT2D eigenvalue weighted by molar-refractivity contribution is -0.123. The molecule has 0 bridgehead atoms. The lowest BCUT2D eigenvalue weighted by atomic mass is 10.1. The van der Waals surface area contributed by atoms with Gasteiger partial charge < -0.3 is 14.5 Å². The van der Waals surface area contributed by atoms with Gasteiger partial charge in [-0.15, -0.1) is 0 Å².